The molecule has 16 heteroatoms. The molecule has 4 aliphatic heterocycles. The van der Waals surface area contributed by atoms with Gasteiger partial charge in [-0.1, -0.05) is 12.8 Å². The zero-order valence-electron chi connectivity index (χ0n) is 19.6. The second kappa shape index (κ2) is 8.09. The van der Waals surface area contributed by atoms with Crippen molar-refractivity contribution in [1.82, 2.24) is 0 Å². The maximum atomic E-state index is 13.0. The lowest BCUT2D eigenvalue weighted by Gasteiger charge is -2.43. The number of hydrogen-bond acceptors (Lipinski definition) is 14. The maximum Gasteiger partial charge on any atom is 0.282 e. The van der Waals surface area contributed by atoms with Crippen molar-refractivity contribution >= 4 is 0 Å². The van der Waals surface area contributed by atoms with Gasteiger partial charge in [0.05, 0.1) is 0 Å². The molecule has 0 bridgehead atoms. The first-order valence-electron chi connectivity index (χ1n) is 11.7. The third kappa shape index (κ3) is 3.88. The van der Waals surface area contributed by atoms with E-state index in [2.05, 4.69) is 0 Å². The van der Waals surface area contributed by atoms with Crippen LogP contribution < -0.4 is 56.0 Å². The smallest absolute Gasteiger partial charge is 0.282 e. The maximum absolute atomic E-state index is 13.0. The first kappa shape index (κ1) is 25.3. The van der Waals surface area contributed by atoms with Gasteiger partial charge in [0.25, 0.3) is 23.4 Å². The van der Waals surface area contributed by atoms with Crippen molar-refractivity contribution in [2.75, 3.05) is 0 Å². The van der Waals surface area contributed by atoms with Gasteiger partial charge in [0.15, 0.2) is 11.4 Å². The predicted molar refractivity (Wildman–Crippen MR) is 122 cm³/mol. The van der Waals surface area contributed by atoms with Crippen LogP contribution in [0.3, 0.4) is 0 Å². The van der Waals surface area contributed by atoms with Gasteiger partial charge in [0.2, 0.25) is 23.0 Å². The van der Waals surface area contributed by atoms with E-state index in [0.29, 0.717) is 37.1 Å². The number of nitrogens with one attached hydrogen (secondary N) is 2. The third-order valence-electron chi connectivity index (χ3n) is 7.35. The van der Waals surface area contributed by atoms with Gasteiger partial charge in [-0.25, -0.2) is 0 Å². The summed E-state index contributed by atoms with van der Waals surface area (Å²) in [4.78, 5) is 0. The molecule has 4 heterocycles. The average Bonchev–Trinajstić information content (AvgIpc) is 3.16. The van der Waals surface area contributed by atoms with Crippen LogP contribution in [0.2, 0.25) is 0 Å². The summed E-state index contributed by atoms with van der Waals surface area (Å²) >= 11 is 0. The van der Waals surface area contributed by atoms with Gasteiger partial charge in [0, 0.05) is 11.8 Å². The van der Waals surface area contributed by atoms with E-state index in [0.717, 1.165) is 12.8 Å². The molecular formula is C20H34N10O6. The van der Waals surface area contributed by atoms with Crippen molar-refractivity contribution in [2.24, 2.45) is 57.7 Å². The van der Waals surface area contributed by atoms with Crippen LogP contribution in [0.25, 0.3) is 0 Å². The average molecular weight is 511 g/mol. The normalized spacial score (nSPS) is 36.2. The Balaban J connectivity index is 1.40. The molecule has 1 aliphatic carbocycles. The fourth-order valence-corrected chi connectivity index (χ4v) is 5.22. The molecule has 0 aromatic heterocycles. The lowest BCUT2D eigenvalue weighted by molar-refractivity contribution is -0.751. The van der Waals surface area contributed by atoms with E-state index in [1.807, 2.05) is 0 Å². The third-order valence-corrected chi connectivity index (χ3v) is 7.35. The Labute approximate surface area is 206 Å². The molecule has 18 N–H and O–H groups in total. The number of nitrogens with two attached hydrogens (primary N) is 8. The van der Waals surface area contributed by atoms with E-state index in [4.69, 9.17) is 64.8 Å². The number of rotatable bonds is 2. The zero-order valence-corrected chi connectivity index (χ0v) is 19.6. The molecule has 0 spiro atoms. The van der Waals surface area contributed by atoms with Gasteiger partial charge in [-0.2, -0.15) is 0 Å². The highest BCUT2D eigenvalue weighted by atomic mass is 16.7. The molecule has 2 saturated heterocycles. The number of hydrogen-bond donors (Lipinski definition) is 10. The summed E-state index contributed by atoms with van der Waals surface area (Å²) < 4.78 is 22.4. The number of ether oxygens (including phenoxy) is 4. The molecule has 16 nitrogen and oxygen atoms in total. The predicted octanol–water partition coefficient (Wildman–Crippen LogP) is -5.15. The molecule has 0 aromatic carbocycles. The van der Waals surface area contributed by atoms with Gasteiger partial charge in [-0.3, -0.25) is 45.9 Å². The number of fused-ring (bicyclic) bond motifs is 2. The summed E-state index contributed by atoms with van der Waals surface area (Å²) in [5.41, 5.74) is 47.8. The Hall–Kier alpha value is -2.32. The Morgan fingerprint density at radius 3 is 1.28 bits per heavy atom. The van der Waals surface area contributed by atoms with E-state index >= 15 is 0 Å². The molecule has 0 radical (unpaired) electrons. The molecular weight excluding hydrogens is 476 g/mol. The van der Waals surface area contributed by atoms with E-state index in [9.17, 15) is 10.4 Å². The zero-order chi connectivity index (χ0) is 26.3. The van der Waals surface area contributed by atoms with Crippen LogP contribution in [0.1, 0.15) is 38.5 Å². The van der Waals surface area contributed by atoms with Gasteiger partial charge in [-0.05, 0) is 25.7 Å². The lowest BCUT2D eigenvalue weighted by atomic mass is 9.82. The van der Waals surface area contributed by atoms with Crippen LogP contribution in [-0.2, 0) is 18.9 Å². The van der Waals surface area contributed by atoms with Gasteiger partial charge >= 0.3 is 0 Å². The monoisotopic (exact) mass is 510 g/mol. The van der Waals surface area contributed by atoms with Crippen molar-refractivity contribution in [2.45, 2.75) is 61.9 Å². The summed E-state index contributed by atoms with van der Waals surface area (Å²) in [5, 5.41) is 25.3. The van der Waals surface area contributed by atoms with Gasteiger partial charge in [-0.15, -0.1) is 0 Å². The van der Waals surface area contributed by atoms with Crippen molar-refractivity contribution < 1.29 is 29.1 Å². The Morgan fingerprint density at radius 1 is 0.583 bits per heavy atom. The van der Waals surface area contributed by atoms with Crippen LogP contribution >= 0.6 is 0 Å². The molecule has 5 rings (SSSR count). The molecule has 1 saturated carbocycles. The van der Waals surface area contributed by atoms with Gasteiger partial charge in [0.1, 0.15) is 12.4 Å². The lowest BCUT2D eigenvalue weighted by Crippen LogP contribution is -3.00. The largest absolute Gasteiger partial charge is 0.624 e. The molecule has 4 atom stereocenters. The van der Waals surface area contributed by atoms with Crippen molar-refractivity contribution in [3.8, 4) is 0 Å². The van der Waals surface area contributed by atoms with Crippen molar-refractivity contribution in [3.05, 3.63) is 57.2 Å². The number of allylic oxidation sites excluding steroid dienone is 2. The van der Waals surface area contributed by atoms with Crippen LogP contribution in [-0.4, -0.2) is 23.4 Å². The fourth-order valence-electron chi connectivity index (χ4n) is 5.22. The SMILES string of the molecule is NC1(N)OC2=C[NH+]([O-])C(C3CCCCC(C4=C5OC(N)(N)C(N)(N)OC5=C[NH+]4[O-])CC3)=C2OC1(N)N. The van der Waals surface area contributed by atoms with E-state index < -0.39 is 23.4 Å². The Morgan fingerprint density at radius 2 is 0.917 bits per heavy atom. The minimum absolute atomic E-state index is 0.0944. The minimum Gasteiger partial charge on any atom is -0.624 e. The standard InChI is InChI=1S/C20H34N10O6/c21-17(22)19(25,26)35-15-11(33-17)7-29(31)13(15)9-3-1-2-4-10(6-5-9)14-16-12(8-30(14)32)34-18(23,24)20(27,28)36-16/h7-10,29-30H,1-6,21-28H2. The minimum atomic E-state index is -2.05. The topological polar surface area (TPSA) is 300 Å². The van der Waals surface area contributed by atoms with Crippen LogP contribution in [0.5, 0.6) is 0 Å². The molecule has 4 unspecified atom stereocenters. The highest BCUT2D eigenvalue weighted by molar-refractivity contribution is 5.33. The number of quaternary nitrogens is 2. The highest BCUT2D eigenvalue weighted by Gasteiger charge is 2.56. The van der Waals surface area contributed by atoms with Gasteiger partial charge < -0.3 is 39.5 Å². The first-order chi connectivity index (χ1) is 16.6. The second-order valence-electron chi connectivity index (χ2n) is 10.1. The van der Waals surface area contributed by atoms with Crippen molar-refractivity contribution in [1.29, 1.82) is 0 Å². The summed E-state index contributed by atoms with van der Waals surface area (Å²) in [6.45, 7) is 0. The molecule has 36 heavy (non-hydrogen) atoms. The molecule has 5 aliphatic rings. The highest BCUT2D eigenvalue weighted by Crippen LogP contribution is 2.41. The fraction of sp³-hybridized carbons (Fsp3) is 0.600. The van der Waals surface area contributed by atoms with Crippen LogP contribution in [0, 0.1) is 22.3 Å². The van der Waals surface area contributed by atoms with Crippen LogP contribution in [0.15, 0.2) is 46.8 Å². The van der Waals surface area contributed by atoms with E-state index in [1.165, 1.54) is 12.4 Å². The summed E-state index contributed by atoms with van der Waals surface area (Å²) in [6.07, 6.45) is 6.63. The quantitative estimate of drug-likeness (QED) is 0.123. The Bertz CT molecular complexity index is 997. The van der Waals surface area contributed by atoms with Crippen LogP contribution in [0.4, 0.5) is 0 Å². The second-order valence-corrected chi connectivity index (χ2v) is 10.1. The molecule has 0 aromatic rings. The summed E-state index contributed by atoms with van der Waals surface area (Å²) in [5.74, 6) is -8.12. The Kier molecular flexibility index (Phi) is 5.69. The molecule has 3 fully saturated rings. The summed E-state index contributed by atoms with van der Waals surface area (Å²) in [7, 11) is 0. The van der Waals surface area contributed by atoms with E-state index in [-0.39, 0.29) is 45.0 Å². The summed E-state index contributed by atoms with van der Waals surface area (Å²) in [6, 6.07) is 0. The van der Waals surface area contributed by atoms with Crippen molar-refractivity contribution in [3.63, 3.8) is 0 Å². The molecule has 0 amide bonds. The number of hydroxylamine groups is 4. The first-order valence-corrected chi connectivity index (χ1v) is 11.7. The van der Waals surface area contributed by atoms with E-state index in [1.54, 1.807) is 0 Å². The molecule has 200 valence electrons.